The highest BCUT2D eigenvalue weighted by atomic mass is 32.1. The molecule has 0 aliphatic heterocycles. The molecule has 0 aliphatic rings. The van der Waals surface area contributed by atoms with Crippen LogP contribution in [-0.2, 0) is 4.79 Å². The summed E-state index contributed by atoms with van der Waals surface area (Å²) < 4.78 is 0. The standard InChI is InChI=1S/C17H13NO2S/c1-11-9-12(13-5-2-3-6-15(13)18-11)10-14(17(19)20)16-7-4-8-21-16/h2-10H,1H3,(H,19,20). The number of carboxylic acid groups (broad SMARTS) is 1. The molecule has 0 atom stereocenters. The first-order valence-corrected chi connectivity index (χ1v) is 7.38. The number of rotatable bonds is 3. The number of aromatic nitrogens is 1. The van der Waals surface area contributed by atoms with Crippen molar-refractivity contribution >= 4 is 39.9 Å². The van der Waals surface area contributed by atoms with E-state index < -0.39 is 5.97 Å². The van der Waals surface area contributed by atoms with Crippen molar-refractivity contribution in [3.63, 3.8) is 0 Å². The van der Waals surface area contributed by atoms with E-state index in [1.165, 1.54) is 11.3 Å². The fourth-order valence-electron chi connectivity index (χ4n) is 2.29. The predicted molar refractivity (Wildman–Crippen MR) is 86.3 cm³/mol. The summed E-state index contributed by atoms with van der Waals surface area (Å²) in [6.45, 7) is 1.91. The van der Waals surface area contributed by atoms with Gasteiger partial charge in [-0.15, -0.1) is 11.3 Å². The minimum absolute atomic E-state index is 0.306. The first-order chi connectivity index (χ1) is 10.1. The van der Waals surface area contributed by atoms with E-state index in [4.69, 9.17) is 0 Å². The monoisotopic (exact) mass is 295 g/mol. The summed E-state index contributed by atoms with van der Waals surface area (Å²) in [5, 5.41) is 12.3. The quantitative estimate of drug-likeness (QED) is 0.736. The molecule has 2 aromatic heterocycles. The Bertz CT molecular complexity index is 835. The van der Waals surface area contributed by atoms with E-state index in [9.17, 15) is 9.90 Å². The molecular weight excluding hydrogens is 282 g/mol. The van der Waals surface area contributed by atoms with Crippen LogP contribution in [0.3, 0.4) is 0 Å². The summed E-state index contributed by atoms with van der Waals surface area (Å²) >= 11 is 1.42. The molecule has 0 aliphatic carbocycles. The molecule has 21 heavy (non-hydrogen) atoms. The zero-order valence-corrected chi connectivity index (χ0v) is 12.2. The number of carboxylic acids is 1. The van der Waals surface area contributed by atoms with Gasteiger partial charge < -0.3 is 5.11 Å². The van der Waals surface area contributed by atoms with Crippen LogP contribution in [0.4, 0.5) is 0 Å². The Labute approximate surface area is 126 Å². The predicted octanol–water partition coefficient (Wildman–Crippen LogP) is 4.23. The molecule has 0 bridgehead atoms. The van der Waals surface area contributed by atoms with Crippen molar-refractivity contribution < 1.29 is 9.90 Å². The van der Waals surface area contributed by atoms with Crippen molar-refractivity contribution in [2.24, 2.45) is 0 Å². The van der Waals surface area contributed by atoms with Gasteiger partial charge in [0.05, 0.1) is 11.1 Å². The Morgan fingerprint density at radius 1 is 1.24 bits per heavy atom. The first kappa shape index (κ1) is 13.5. The summed E-state index contributed by atoms with van der Waals surface area (Å²) in [6, 6.07) is 13.3. The van der Waals surface area contributed by atoms with Gasteiger partial charge in [0.15, 0.2) is 0 Å². The van der Waals surface area contributed by atoms with Gasteiger partial charge in [-0.2, -0.15) is 0 Å². The molecule has 104 valence electrons. The number of aryl methyl sites for hydroxylation is 1. The topological polar surface area (TPSA) is 50.2 Å². The van der Waals surface area contributed by atoms with Crippen molar-refractivity contribution in [2.45, 2.75) is 6.92 Å². The summed E-state index contributed by atoms with van der Waals surface area (Å²) in [5.41, 5.74) is 2.93. The summed E-state index contributed by atoms with van der Waals surface area (Å²) in [4.78, 5) is 16.8. The van der Waals surface area contributed by atoms with Crippen LogP contribution >= 0.6 is 11.3 Å². The summed E-state index contributed by atoms with van der Waals surface area (Å²) in [5.74, 6) is -0.920. The minimum Gasteiger partial charge on any atom is -0.478 e. The van der Waals surface area contributed by atoms with E-state index in [0.29, 0.717) is 5.57 Å². The van der Waals surface area contributed by atoms with E-state index in [1.54, 1.807) is 6.08 Å². The summed E-state index contributed by atoms with van der Waals surface area (Å²) in [7, 11) is 0. The van der Waals surface area contributed by atoms with Crippen LogP contribution in [0.1, 0.15) is 16.1 Å². The maximum Gasteiger partial charge on any atom is 0.337 e. The number of nitrogens with zero attached hydrogens (tertiary/aromatic N) is 1. The third-order valence-corrected chi connectivity index (χ3v) is 4.10. The highest BCUT2D eigenvalue weighted by Gasteiger charge is 2.12. The van der Waals surface area contributed by atoms with Crippen molar-refractivity contribution in [3.8, 4) is 0 Å². The van der Waals surface area contributed by atoms with Gasteiger partial charge in [-0.25, -0.2) is 4.79 Å². The van der Waals surface area contributed by atoms with Crippen LogP contribution < -0.4 is 0 Å². The zero-order chi connectivity index (χ0) is 14.8. The van der Waals surface area contributed by atoms with Crippen LogP contribution in [-0.4, -0.2) is 16.1 Å². The number of pyridine rings is 1. The number of hydrogen-bond donors (Lipinski definition) is 1. The van der Waals surface area contributed by atoms with E-state index in [-0.39, 0.29) is 0 Å². The minimum atomic E-state index is -0.920. The highest BCUT2D eigenvalue weighted by Crippen LogP contribution is 2.26. The molecule has 0 saturated heterocycles. The van der Waals surface area contributed by atoms with Gasteiger partial charge in [0.2, 0.25) is 0 Å². The Hall–Kier alpha value is -2.46. The number of carbonyl (C=O) groups is 1. The lowest BCUT2D eigenvalue weighted by Gasteiger charge is -2.06. The van der Waals surface area contributed by atoms with E-state index >= 15 is 0 Å². The second-order valence-electron chi connectivity index (χ2n) is 4.71. The van der Waals surface area contributed by atoms with Crippen LogP contribution in [0, 0.1) is 6.92 Å². The molecule has 3 rings (SSSR count). The maximum atomic E-state index is 11.5. The van der Waals surface area contributed by atoms with Crippen LogP contribution in [0.2, 0.25) is 0 Å². The number of fused-ring (bicyclic) bond motifs is 1. The van der Waals surface area contributed by atoms with Crippen LogP contribution in [0.5, 0.6) is 0 Å². The molecule has 2 heterocycles. The zero-order valence-electron chi connectivity index (χ0n) is 11.4. The Kier molecular flexibility index (Phi) is 3.54. The number of hydrogen-bond acceptors (Lipinski definition) is 3. The van der Waals surface area contributed by atoms with E-state index in [2.05, 4.69) is 4.98 Å². The molecule has 3 aromatic rings. The molecule has 0 saturated carbocycles. The van der Waals surface area contributed by atoms with Gasteiger partial charge >= 0.3 is 5.97 Å². The largest absolute Gasteiger partial charge is 0.478 e. The van der Waals surface area contributed by atoms with Crippen molar-refractivity contribution in [3.05, 3.63) is 64.0 Å². The van der Waals surface area contributed by atoms with Gasteiger partial charge in [0.25, 0.3) is 0 Å². The third-order valence-electron chi connectivity index (χ3n) is 3.19. The van der Waals surface area contributed by atoms with Gasteiger partial charge in [-0.1, -0.05) is 24.3 Å². The number of thiophene rings is 1. The van der Waals surface area contributed by atoms with Gasteiger partial charge in [0, 0.05) is 16.0 Å². The number of para-hydroxylation sites is 1. The maximum absolute atomic E-state index is 11.5. The Morgan fingerprint density at radius 2 is 2.05 bits per heavy atom. The van der Waals surface area contributed by atoms with E-state index in [0.717, 1.165) is 27.0 Å². The smallest absolute Gasteiger partial charge is 0.337 e. The van der Waals surface area contributed by atoms with Gasteiger partial charge in [-0.3, -0.25) is 4.98 Å². The second kappa shape index (κ2) is 5.50. The molecule has 4 heteroatoms. The SMILES string of the molecule is Cc1cc(C=C(C(=O)O)c2cccs2)c2ccccc2n1. The number of benzene rings is 1. The molecule has 0 fully saturated rings. The van der Waals surface area contributed by atoms with Crippen molar-refractivity contribution in [1.82, 2.24) is 4.98 Å². The molecule has 0 spiro atoms. The lowest BCUT2D eigenvalue weighted by atomic mass is 10.0. The van der Waals surface area contributed by atoms with Crippen LogP contribution in [0.25, 0.3) is 22.6 Å². The highest BCUT2D eigenvalue weighted by molar-refractivity contribution is 7.11. The fourth-order valence-corrected chi connectivity index (χ4v) is 3.02. The van der Waals surface area contributed by atoms with Gasteiger partial charge in [0.1, 0.15) is 0 Å². The van der Waals surface area contributed by atoms with Crippen molar-refractivity contribution in [2.75, 3.05) is 0 Å². The van der Waals surface area contributed by atoms with Gasteiger partial charge in [-0.05, 0) is 42.1 Å². The second-order valence-corrected chi connectivity index (χ2v) is 5.66. The Morgan fingerprint density at radius 3 is 2.76 bits per heavy atom. The molecule has 0 amide bonds. The summed E-state index contributed by atoms with van der Waals surface area (Å²) in [6.07, 6.45) is 1.73. The molecular formula is C17H13NO2S. The molecule has 0 unspecified atom stereocenters. The average molecular weight is 295 g/mol. The molecule has 3 nitrogen and oxygen atoms in total. The third kappa shape index (κ3) is 2.71. The van der Waals surface area contributed by atoms with Crippen LogP contribution in [0.15, 0.2) is 47.8 Å². The molecule has 1 N–H and O–H groups in total. The molecule has 1 aromatic carbocycles. The Balaban J connectivity index is 2.24. The van der Waals surface area contributed by atoms with Crippen molar-refractivity contribution in [1.29, 1.82) is 0 Å². The number of aliphatic carboxylic acids is 1. The lowest BCUT2D eigenvalue weighted by Crippen LogP contribution is -1.98. The normalized spacial score (nSPS) is 11.8. The first-order valence-electron chi connectivity index (χ1n) is 6.50. The fraction of sp³-hybridized carbons (Fsp3) is 0.0588. The average Bonchev–Trinajstić information content (AvgIpc) is 2.97. The van der Waals surface area contributed by atoms with E-state index in [1.807, 2.05) is 54.8 Å². The lowest BCUT2D eigenvalue weighted by molar-refractivity contribution is -0.130. The molecule has 0 radical (unpaired) electrons.